The summed E-state index contributed by atoms with van der Waals surface area (Å²) >= 11 is 0. The molecule has 0 aromatic carbocycles. The first-order valence-corrected chi connectivity index (χ1v) is 4.29. The van der Waals surface area contributed by atoms with E-state index in [1.807, 2.05) is 0 Å². The number of carbonyl (C=O) groups is 1. The molecule has 0 radical (unpaired) electrons. The quantitative estimate of drug-likeness (QED) is 0.763. The second-order valence-corrected chi connectivity index (χ2v) is 3.19. The zero-order valence-corrected chi connectivity index (χ0v) is 8.19. The maximum Gasteiger partial charge on any atom is 0.271 e. The number of aromatic amines is 1. The Morgan fingerprint density at radius 2 is 2.57 bits per heavy atom. The van der Waals surface area contributed by atoms with Crippen LogP contribution >= 0.6 is 0 Å². The minimum atomic E-state index is -0.160. The molecule has 0 saturated carbocycles. The molecule has 5 heteroatoms. The molecule has 1 N–H and O–H groups in total. The van der Waals surface area contributed by atoms with Gasteiger partial charge in [-0.05, 0) is 13.0 Å². The lowest BCUT2D eigenvalue weighted by Gasteiger charge is -2.16. The first-order chi connectivity index (χ1) is 6.65. The summed E-state index contributed by atoms with van der Waals surface area (Å²) in [5.41, 5.74) is 0.442. The van der Waals surface area contributed by atoms with Crippen LogP contribution in [0, 0.1) is 17.2 Å². The monoisotopic (exact) mass is 192 g/mol. The van der Waals surface area contributed by atoms with Crippen LogP contribution in [0.2, 0.25) is 0 Å². The van der Waals surface area contributed by atoms with Crippen LogP contribution < -0.4 is 0 Å². The van der Waals surface area contributed by atoms with Crippen LogP contribution in [0.15, 0.2) is 12.3 Å². The highest BCUT2D eigenvalue weighted by molar-refractivity contribution is 5.91. The molecule has 0 spiro atoms. The van der Waals surface area contributed by atoms with Crippen LogP contribution in [0.3, 0.4) is 0 Å². The first kappa shape index (κ1) is 10.3. The maximum absolute atomic E-state index is 11.6. The third kappa shape index (κ3) is 2.33. The minimum Gasteiger partial charge on any atom is -0.339 e. The van der Waals surface area contributed by atoms with E-state index in [2.05, 4.69) is 16.3 Å². The van der Waals surface area contributed by atoms with Crippen molar-refractivity contribution in [3.8, 4) is 6.07 Å². The van der Waals surface area contributed by atoms with E-state index >= 15 is 0 Å². The number of nitrogens with zero attached hydrogens (tertiary/aromatic N) is 3. The summed E-state index contributed by atoms with van der Waals surface area (Å²) in [7, 11) is 1.66. The van der Waals surface area contributed by atoms with Crippen molar-refractivity contribution < 1.29 is 4.79 Å². The second kappa shape index (κ2) is 4.42. The molecule has 1 rings (SSSR count). The van der Waals surface area contributed by atoms with Gasteiger partial charge in [-0.15, -0.1) is 0 Å². The summed E-state index contributed by atoms with van der Waals surface area (Å²) in [6.07, 6.45) is 1.52. The molecule has 1 unspecified atom stereocenters. The molecule has 0 aliphatic heterocycles. The average molecular weight is 192 g/mol. The predicted molar refractivity (Wildman–Crippen MR) is 50.3 cm³/mol. The SMILES string of the molecule is CC(C#N)CN(C)C(=O)c1ccn[nH]1. The lowest BCUT2D eigenvalue weighted by Crippen LogP contribution is -2.30. The van der Waals surface area contributed by atoms with Gasteiger partial charge in [0.1, 0.15) is 5.69 Å². The fourth-order valence-electron chi connectivity index (χ4n) is 1.12. The van der Waals surface area contributed by atoms with Crippen molar-refractivity contribution in [1.29, 1.82) is 5.26 Å². The number of rotatable bonds is 3. The Bertz CT molecular complexity index is 338. The Morgan fingerprint density at radius 3 is 3.07 bits per heavy atom. The number of aromatic nitrogens is 2. The minimum absolute atomic E-state index is 0.149. The Morgan fingerprint density at radius 1 is 1.86 bits per heavy atom. The van der Waals surface area contributed by atoms with Gasteiger partial charge < -0.3 is 4.90 Å². The molecule has 0 fully saturated rings. The Balaban J connectivity index is 2.59. The third-order valence-electron chi connectivity index (χ3n) is 1.85. The molecule has 0 aliphatic carbocycles. The van der Waals surface area contributed by atoms with E-state index in [0.717, 1.165) is 0 Å². The van der Waals surface area contributed by atoms with E-state index in [-0.39, 0.29) is 11.8 Å². The number of hydrogen-bond acceptors (Lipinski definition) is 3. The van der Waals surface area contributed by atoms with E-state index < -0.39 is 0 Å². The molecular weight excluding hydrogens is 180 g/mol. The highest BCUT2D eigenvalue weighted by Gasteiger charge is 2.14. The van der Waals surface area contributed by atoms with Gasteiger partial charge in [0.25, 0.3) is 5.91 Å². The molecule has 0 bridgehead atoms. The van der Waals surface area contributed by atoms with E-state index in [0.29, 0.717) is 12.2 Å². The van der Waals surface area contributed by atoms with E-state index in [9.17, 15) is 4.79 Å². The smallest absolute Gasteiger partial charge is 0.271 e. The van der Waals surface area contributed by atoms with Crippen molar-refractivity contribution in [2.75, 3.05) is 13.6 Å². The zero-order valence-electron chi connectivity index (χ0n) is 8.19. The van der Waals surface area contributed by atoms with Gasteiger partial charge in [0, 0.05) is 19.8 Å². The lowest BCUT2D eigenvalue weighted by atomic mass is 10.2. The van der Waals surface area contributed by atoms with Gasteiger partial charge in [-0.2, -0.15) is 10.4 Å². The summed E-state index contributed by atoms with van der Waals surface area (Å²) in [5, 5.41) is 14.9. The molecule has 1 amide bonds. The Hall–Kier alpha value is -1.83. The van der Waals surface area contributed by atoms with Gasteiger partial charge in [0.05, 0.1) is 12.0 Å². The number of nitrogens with one attached hydrogen (secondary N) is 1. The predicted octanol–water partition coefficient (Wildman–Crippen LogP) is 0.641. The molecule has 1 aromatic heterocycles. The lowest BCUT2D eigenvalue weighted by molar-refractivity contribution is 0.0779. The zero-order chi connectivity index (χ0) is 10.6. The fraction of sp³-hybridized carbons (Fsp3) is 0.444. The number of H-pyrrole nitrogens is 1. The molecule has 74 valence electrons. The van der Waals surface area contributed by atoms with Crippen molar-refractivity contribution >= 4 is 5.91 Å². The van der Waals surface area contributed by atoms with Gasteiger partial charge >= 0.3 is 0 Å². The van der Waals surface area contributed by atoms with Gasteiger partial charge in [-0.25, -0.2) is 0 Å². The number of hydrogen-bond donors (Lipinski definition) is 1. The normalized spacial score (nSPS) is 11.8. The number of amides is 1. The molecule has 1 atom stereocenters. The maximum atomic E-state index is 11.6. The van der Waals surface area contributed by atoms with Crippen molar-refractivity contribution in [2.24, 2.45) is 5.92 Å². The molecule has 14 heavy (non-hydrogen) atoms. The van der Waals surface area contributed by atoms with E-state index in [1.54, 1.807) is 20.0 Å². The topological polar surface area (TPSA) is 72.8 Å². The first-order valence-electron chi connectivity index (χ1n) is 4.29. The summed E-state index contributed by atoms with van der Waals surface area (Å²) in [6, 6.07) is 3.68. The van der Waals surface area contributed by atoms with Gasteiger partial charge in [0.15, 0.2) is 0 Å². The second-order valence-electron chi connectivity index (χ2n) is 3.19. The summed E-state index contributed by atoms with van der Waals surface area (Å²) < 4.78 is 0. The van der Waals surface area contributed by atoms with Crippen molar-refractivity contribution in [3.05, 3.63) is 18.0 Å². The van der Waals surface area contributed by atoms with Crippen molar-refractivity contribution in [3.63, 3.8) is 0 Å². The van der Waals surface area contributed by atoms with Gasteiger partial charge in [-0.1, -0.05) is 0 Å². The summed E-state index contributed by atoms with van der Waals surface area (Å²) in [6.45, 7) is 2.20. The third-order valence-corrected chi connectivity index (χ3v) is 1.85. The number of nitriles is 1. The standard InChI is InChI=1S/C9H12N4O/c1-7(5-10)6-13(2)9(14)8-3-4-11-12-8/h3-4,7H,6H2,1-2H3,(H,11,12). The fourth-order valence-corrected chi connectivity index (χ4v) is 1.12. The molecule has 5 nitrogen and oxygen atoms in total. The van der Waals surface area contributed by atoms with Crippen LogP contribution in [0.25, 0.3) is 0 Å². The van der Waals surface area contributed by atoms with Gasteiger partial charge in [0.2, 0.25) is 0 Å². The van der Waals surface area contributed by atoms with Crippen LogP contribution in [0.4, 0.5) is 0 Å². The van der Waals surface area contributed by atoms with Crippen molar-refractivity contribution in [2.45, 2.75) is 6.92 Å². The molecule has 1 heterocycles. The summed E-state index contributed by atoms with van der Waals surface area (Å²) in [5.74, 6) is -0.309. The highest BCUT2D eigenvalue weighted by atomic mass is 16.2. The van der Waals surface area contributed by atoms with Crippen LogP contribution in [-0.4, -0.2) is 34.6 Å². The van der Waals surface area contributed by atoms with Crippen molar-refractivity contribution in [1.82, 2.24) is 15.1 Å². The number of carbonyl (C=O) groups excluding carboxylic acids is 1. The highest BCUT2D eigenvalue weighted by Crippen LogP contribution is 2.02. The van der Waals surface area contributed by atoms with E-state index in [1.165, 1.54) is 11.1 Å². The summed E-state index contributed by atoms with van der Waals surface area (Å²) in [4.78, 5) is 13.1. The molecule has 1 aromatic rings. The molecule has 0 saturated heterocycles. The Kier molecular flexibility index (Phi) is 3.24. The van der Waals surface area contributed by atoms with Gasteiger partial charge in [-0.3, -0.25) is 9.89 Å². The van der Waals surface area contributed by atoms with Crippen LogP contribution in [0.1, 0.15) is 17.4 Å². The van der Waals surface area contributed by atoms with E-state index in [4.69, 9.17) is 5.26 Å². The molecule has 0 aliphatic rings. The average Bonchev–Trinajstić information content (AvgIpc) is 2.69. The van der Waals surface area contributed by atoms with Crippen LogP contribution in [0.5, 0.6) is 0 Å². The Labute approximate surface area is 82.3 Å². The molecular formula is C9H12N4O. The van der Waals surface area contributed by atoms with Crippen LogP contribution in [-0.2, 0) is 0 Å². The largest absolute Gasteiger partial charge is 0.339 e.